The largest absolute Gasteiger partial charge is 0.497 e. The number of nitrogens with zero attached hydrogens (tertiary/aromatic N) is 3. The number of carbonyl (C=O) groups is 1. The Bertz CT molecular complexity index is 1960. The molecule has 2 aromatic heterocycles. The van der Waals surface area contributed by atoms with Crippen molar-refractivity contribution in [2.75, 3.05) is 13.7 Å². The van der Waals surface area contributed by atoms with E-state index in [0.717, 1.165) is 28.6 Å². The van der Waals surface area contributed by atoms with Crippen LogP contribution in [0.5, 0.6) is 5.75 Å². The number of benzene rings is 3. The van der Waals surface area contributed by atoms with Gasteiger partial charge in [-0.2, -0.15) is 0 Å². The number of ether oxygens (including phenoxy) is 2. The van der Waals surface area contributed by atoms with Gasteiger partial charge in [0.1, 0.15) is 5.75 Å². The lowest BCUT2D eigenvalue weighted by molar-refractivity contribution is -0.139. The Balaban J connectivity index is 1.51. The van der Waals surface area contributed by atoms with E-state index in [9.17, 15) is 9.59 Å². The van der Waals surface area contributed by atoms with Crippen molar-refractivity contribution >= 4 is 34.3 Å². The van der Waals surface area contributed by atoms with Crippen molar-refractivity contribution in [2.24, 2.45) is 4.99 Å². The number of esters is 1. The quantitative estimate of drug-likeness (QED) is 0.267. The topological polar surface area (TPSA) is 74.8 Å². The van der Waals surface area contributed by atoms with Gasteiger partial charge in [-0.15, -0.1) is 0 Å². The number of rotatable bonds is 7. The van der Waals surface area contributed by atoms with Crippen LogP contribution in [0.3, 0.4) is 0 Å². The van der Waals surface area contributed by atoms with Gasteiger partial charge in [-0.1, -0.05) is 72.0 Å². The zero-order chi connectivity index (χ0) is 28.5. The predicted octanol–water partition coefficient (Wildman–Crippen LogP) is 4.81. The number of hydrogen-bond acceptors (Lipinski definition) is 6. The van der Waals surface area contributed by atoms with Crippen LogP contribution < -0.4 is 19.6 Å². The van der Waals surface area contributed by atoms with Crippen LogP contribution in [-0.2, 0) is 16.1 Å². The number of fused-ring (bicyclic) bond motifs is 2. The number of para-hydroxylation sites is 1. The van der Waals surface area contributed by atoms with Crippen molar-refractivity contribution in [3.63, 3.8) is 0 Å². The second-order valence-electron chi connectivity index (χ2n) is 9.79. The molecular formula is C33H29N3O4S. The van der Waals surface area contributed by atoms with E-state index in [1.807, 2.05) is 60.7 Å². The zero-order valence-electron chi connectivity index (χ0n) is 23.0. The first-order valence-corrected chi connectivity index (χ1v) is 14.3. The highest BCUT2D eigenvalue weighted by Crippen LogP contribution is 2.31. The summed E-state index contributed by atoms with van der Waals surface area (Å²) < 4.78 is 15.1. The van der Waals surface area contributed by atoms with Crippen molar-refractivity contribution in [1.82, 2.24) is 9.13 Å². The highest BCUT2D eigenvalue weighted by Gasteiger charge is 2.33. The van der Waals surface area contributed by atoms with E-state index in [1.165, 1.54) is 16.9 Å². The van der Waals surface area contributed by atoms with E-state index in [0.29, 0.717) is 26.4 Å². The molecule has 7 nitrogen and oxygen atoms in total. The van der Waals surface area contributed by atoms with E-state index in [2.05, 4.69) is 35.0 Å². The third-order valence-electron chi connectivity index (χ3n) is 7.25. The fourth-order valence-corrected chi connectivity index (χ4v) is 6.37. The lowest BCUT2D eigenvalue weighted by atomic mass is 9.96. The molecule has 1 atom stereocenters. The van der Waals surface area contributed by atoms with E-state index in [-0.39, 0.29) is 12.2 Å². The van der Waals surface area contributed by atoms with Crippen molar-refractivity contribution in [2.45, 2.75) is 26.4 Å². The number of methoxy groups -OCH3 is 1. The maximum absolute atomic E-state index is 14.1. The summed E-state index contributed by atoms with van der Waals surface area (Å²) in [5.74, 6) is 0.208. The molecule has 0 amide bonds. The minimum atomic E-state index is -0.669. The fraction of sp³-hybridized carbons (Fsp3) is 0.182. The maximum atomic E-state index is 14.1. The summed E-state index contributed by atoms with van der Waals surface area (Å²) in [5, 5.41) is 1.06. The van der Waals surface area contributed by atoms with Crippen LogP contribution in [0.4, 0.5) is 0 Å². The molecule has 0 spiro atoms. The molecular weight excluding hydrogens is 534 g/mol. The predicted molar refractivity (Wildman–Crippen MR) is 161 cm³/mol. The van der Waals surface area contributed by atoms with Gasteiger partial charge in [-0.25, -0.2) is 9.79 Å². The van der Waals surface area contributed by atoms with Crippen LogP contribution in [0.2, 0.25) is 0 Å². The maximum Gasteiger partial charge on any atom is 0.338 e. The first kappa shape index (κ1) is 26.5. The first-order chi connectivity index (χ1) is 20.0. The number of carbonyl (C=O) groups excluding carboxylic acids is 1. The Labute approximate surface area is 240 Å². The third kappa shape index (κ3) is 4.91. The lowest BCUT2D eigenvalue weighted by Crippen LogP contribution is -2.39. The Morgan fingerprint density at radius 3 is 2.49 bits per heavy atom. The molecule has 0 saturated carbocycles. The zero-order valence-corrected chi connectivity index (χ0v) is 23.9. The molecule has 1 aliphatic heterocycles. The van der Waals surface area contributed by atoms with Crippen molar-refractivity contribution in [3.8, 4) is 5.75 Å². The van der Waals surface area contributed by atoms with Crippen LogP contribution in [0.25, 0.3) is 17.0 Å². The first-order valence-electron chi connectivity index (χ1n) is 13.4. The molecule has 206 valence electrons. The van der Waals surface area contributed by atoms with Crippen LogP contribution >= 0.6 is 11.3 Å². The SMILES string of the molecule is CCOC(=O)C1=C(C)N=c2s/c(=C\c3cn(Cc4ccccc4)c4ccccc34)c(=O)n2C1c1ccc(OC)cc1. The molecule has 1 unspecified atom stereocenters. The Hall–Kier alpha value is -4.69. The van der Waals surface area contributed by atoms with Gasteiger partial charge in [0.25, 0.3) is 5.56 Å². The minimum absolute atomic E-state index is 0.205. The average Bonchev–Trinajstić information content (AvgIpc) is 3.49. The summed E-state index contributed by atoms with van der Waals surface area (Å²) in [7, 11) is 1.60. The van der Waals surface area contributed by atoms with Gasteiger partial charge in [0.05, 0.1) is 35.6 Å². The Morgan fingerprint density at radius 2 is 1.76 bits per heavy atom. The lowest BCUT2D eigenvalue weighted by Gasteiger charge is -2.24. The van der Waals surface area contributed by atoms with Gasteiger partial charge < -0.3 is 14.0 Å². The van der Waals surface area contributed by atoms with Crippen LogP contribution in [0.1, 0.15) is 36.6 Å². The van der Waals surface area contributed by atoms with E-state index >= 15 is 0 Å². The summed E-state index contributed by atoms with van der Waals surface area (Å²) in [6.07, 6.45) is 4.02. The van der Waals surface area contributed by atoms with Gasteiger partial charge in [-0.3, -0.25) is 9.36 Å². The van der Waals surface area contributed by atoms with Crippen LogP contribution in [-0.4, -0.2) is 28.8 Å². The molecule has 0 aliphatic carbocycles. The molecule has 0 N–H and O–H groups in total. The molecule has 5 aromatic rings. The van der Waals surface area contributed by atoms with Gasteiger partial charge in [-0.05, 0) is 49.2 Å². The highest BCUT2D eigenvalue weighted by atomic mass is 32.1. The minimum Gasteiger partial charge on any atom is -0.497 e. The molecule has 41 heavy (non-hydrogen) atoms. The molecule has 1 aliphatic rings. The fourth-order valence-electron chi connectivity index (χ4n) is 5.34. The van der Waals surface area contributed by atoms with Gasteiger partial charge in [0, 0.05) is 29.2 Å². The number of hydrogen-bond donors (Lipinski definition) is 0. The van der Waals surface area contributed by atoms with E-state index < -0.39 is 12.0 Å². The van der Waals surface area contributed by atoms with E-state index in [4.69, 9.17) is 14.5 Å². The summed E-state index contributed by atoms with van der Waals surface area (Å²) >= 11 is 1.32. The summed E-state index contributed by atoms with van der Waals surface area (Å²) in [6, 6.07) is 25.2. The van der Waals surface area contributed by atoms with Crippen LogP contribution in [0.15, 0.2) is 106 Å². The molecule has 8 heteroatoms. The molecule has 3 aromatic carbocycles. The molecule has 0 radical (unpaired) electrons. The summed E-state index contributed by atoms with van der Waals surface area (Å²) in [6.45, 7) is 4.50. The van der Waals surface area contributed by atoms with Crippen molar-refractivity contribution in [1.29, 1.82) is 0 Å². The molecule has 0 saturated heterocycles. The van der Waals surface area contributed by atoms with Crippen molar-refractivity contribution < 1.29 is 14.3 Å². The monoisotopic (exact) mass is 563 g/mol. The van der Waals surface area contributed by atoms with Crippen LogP contribution in [0, 0.1) is 0 Å². The second-order valence-corrected chi connectivity index (χ2v) is 10.8. The number of aromatic nitrogens is 2. The molecule has 0 bridgehead atoms. The van der Waals surface area contributed by atoms with Gasteiger partial charge >= 0.3 is 5.97 Å². The molecule has 6 rings (SSSR count). The number of thiazole rings is 1. The van der Waals surface area contributed by atoms with Gasteiger partial charge in [0.15, 0.2) is 4.80 Å². The van der Waals surface area contributed by atoms with Gasteiger partial charge in [0.2, 0.25) is 0 Å². The molecule has 3 heterocycles. The standard InChI is InChI=1S/C33H29N3O4S/c1-4-40-32(38)29-21(2)34-33-36(30(29)23-14-16-25(39-3)17-15-23)31(37)28(41-33)18-24-20-35(19-22-10-6-5-7-11-22)27-13-9-8-12-26(24)27/h5-18,20,30H,4,19H2,1-3H3/b28-18-. The smallest absolute Gasteiger partial charge is 0.338 e. The number of allylic oxidation sites excluding steroid dienone is 1. The second kappa shape index (κ2) is 11.1. The Morgan fingerprint density at radius 1 is 1.02 bits per heavy atom. The van der Waals surface area contributed by atoms with Crippen molar-refractivity contribution in [3.05, 3.63) is 133 Å². The normalized spacial score (nSPS) is 15.1. The average molecular weight is 564 g/mol. The highest BCUT2D eigenvalue weighted by molar-refractivity contribution is 7.07. The summed E-state index contributed by atoms with van der Waals surface area (Å²) in [5.41, 5.74) is 4.70. The molecule has 0 fully saturated rings. The van der Waals surface area contributed by atoms with E-state index in [1.54, 1.807) is 25.5 Å². The third-order valence-corrected chi connectivity index (χ3v) is 8.23. The Kier molecular flexibility index (Phi) is 7.15. The summed E-state index contributed by atoms with van der Waals surface area (Å²) in [4.78, 5) is 32.5.